The van der Waals surface area contributed by atoms with Gasteiger partial charge in [-0.25, -0.2) is 9.18 Å². The van der Waals surface area contributed by atoms with E-state index in [9.17, 15) is 18.8 Å². The molecule has 1 aliphatic rings. The van der Waals surface area contributed by atoms with Crippen LogP contribution in [0.3, 0.4) is 0 Å². The van der Waals surface area contributed by atoms with Gasteiger partial charge in [-0.1, -0.05) is 0 Å². The lowest BCUT2D eigenvalue weighted by molar-refractivity contribution is -0.145. The van der Waals surface area contributed by atoms with Crippen LogP contribution in [-0.4, -0.2) is 36.6 Å². The number of carboxylic acids is 1. The normalized spacial score (nSPS) is 18.2. The lowest BCUT2D eigenvalue weighted by Gasteiger charge is -2.17. The number of carboxylic acid groups (broad SMARTS) is 1. The molecular weight excluding hydrogens is 269 g/mol. The molecule has 1 atom stereocenters. The van der Waals surface area contributed by atoms with Gasteiger partial charge in [-0.05, 0) is 18.2 Å². The summed E-state index contributed by atoms with van der Waals surface area (Å²) in [5.74, 6) is -3.59. The van der Waals surface area contributed by atoms with Crippen LogP contribution < -0.4 is 4.90 Å². The van der Waals surface area contributed by atoms with Crippen LogP contribution in [0.1, 0.15) is 16.8 Å². The summed E-state index contributed by atoms with van der Waals surface area (Å²) in [5.41, 5.74) is -0.267. The number of anilines is 1. The molecule has 1 aromatic rings. The quantitative estimate of drug-likeness (QED) is 0.837. The van der Waals surface area contributed by atoms with Crippen molar-refractivity contribution in [1.29, 1.82) is 0 Å². The third-order valence-electron chi connectivity index (χ3n) is 3.14. The number of methoxy groups -OCH3 is 1. The number of aromatic carboxylic acids is 1. The Morgan fingerprint density at radius 1 is 1.45 bits per heavy atom. The second-order valence-electron chi connectivity index (χ2n) is 4.40. The predicted molar refractivity (Wildman–Crippen MR) is 65.8 cm³/mol. The van der Waals surface area contributed by atoms with Gasteiger partial charge in [0, 0.05) is 13.0 Å². The van der Waals surface area contributed by atoms with E-state index in [0.717, 1.165) is 23.1 Å². The number of carbonyl (C=O) groups excluding carboxylic acids is 2. The number of benzene rings is 1. The van der Waals surface area contributed by atoms with E-state index < -0.39 is 29.6 Å². The molecule has 0 bridgehead atoms. The van der Waals surface area contributed by atoms with E-state index in [-0.39, 0.29) is 24.2 Å². The van der Waals surface area contributed by atoms with Gasteiger partial charge in [-0.2, -0.15) is 0 Å². The monoisotopic (exact) mass is 281 g/mol. The molecule has 1 saturated heterocycles. The zero-order valence-corrected chi connectivity index (χ0v) is 10.6. The summed E-state index contributed by atoms with van der Waals surface area (Å²) in [7, 11) is 1.21. The Morgan fingerprint density at radius 3 is 2.75 bits per heavy atom. The number of amides is 1. The van der Waals surface area contributed by atoms with E-state index in [2.05, 4.69) is 4.74 Å². The molecule has 1 aliphatic heterocycles. The van der Waals surface area contributed by atoms with E-state index in [1.54, 1.807) is 0 Å². The molecule has 1 unspecified atom stereocenters. The van der Waals surface area contributed by atoms with Gasteiger partial charge in [0.15, 0.2) is 0 Å². The predicted octanol–water partition coefficient (Wildman–Crippen LogP) is 1.05. The second kappa shape index (κ2) is 5.28. The Labute approximate surface area is 113 Å². The smallest absolute Gasteiger partial charge is 0.335 e. The molecule has 1 N–H and O–H groups in total. The maximum Gasteiger partial charge on any atom is 0.335 e. The van der Waals surface area contributed by atoms with Gasteiger partial charge in [0.25, 0.3) is 0 Å². The molecule has 2 rings (SSSR count). The molecule has 1 amide bonds. The van der Waals surface area contributed by atoms with Crippen LogP contribution >= 0.6 is 0 Å². The minimum absolute atomic E-state index is 0.0223. The lowest BCUT2D eigenvalue weighted by Crippen LogP contribution is -2.27. The van der Waals surface area contributed by atoms with Gasteiger partial charge in [-0.3, -0.25) is 9.59 Å². The number of hydrogen-bond acceptors (Lipinski definition) is 4. The van der Waals surface area contributed by atoms with E-state index in [1.807, 2.05) is 0 Å². The van der Waals surface area contributed by atoms with Crippen molar-refractivity contribution >= 4 is 23.5 Å². The molecular formula is C13H12FNO5. The highest BCUT2D eigenvalue weighted by Gasteiger charge is 2.37. The summed E-state index contributed by atoms with van der Waals surface area (Å²) in [5, 5.41) is 8.89. The molecule has 0 radical (unpaired) electrons. The van der Waals surface area contributed by atoms with Gasteiger partial charge >= 0.3 is 11.9 Å². The standard InChI is InChI=1S/C13H12FNO5/c1-20-13(19)8-5-11(16)15(6-8)10-4-7(12(17)18)2-3-9(10)14/h2-4,8H,5-6H2,1H3,(H,17,18). The lowest BCUT2D eigenvalue weighted by atomic mass is 10.1. The van der Waals surface area contributed by atoms with Crippen molar-refractivity contribution in [3.63, 3.8) is 0 Å². The van der Waals surface area contributed by atoms with Gasteiger partial charge in [0.2, 0.25) is 5.91 Å². The summed E-state index contributed by atoms with van der Waals surface area (Å²) in [4.78, 5) is 35.2. The zero-order chi connectivity index (χ0) is 14.9. The highest BCUT2D eigenvalue weighted by Crippen LogP contribution is 2.28. The minimum atomic E-state index is -1.22. The molecule has 0 aliphatic carbocycles. The number of halogens is 1. The molecule has 1 fully saturated rings. The number of carbonyl (C=O) groups is 3. The SMILES string of the molecule is COC(=O)C1CC(=O)N(c2cc(C(=O)O)ccc2F)C1. The van der Waals surface area contributed by atoms with Crippen LogP contribution in [0.15, 0.2) is 18.2 Å². The van der Waals surface area contributed by atoms with Crippen LogP contribution in [0.4, 0.5) is 10.1 Å². The maximum atomic E-state index is 13.8. The number of esters is 1. The van der Waals surface area contributed by atoms with E-state index in [0.29, 0.717) is 0 Å². The largest absolute Gasteiger partial charge is 0.478 e. The Bertz CT molecular complexity index is 586. The third kappa shape index (κ3) is 2.47. The van der Waals surface area contributed by atoms with Crippen LogP contribution in [0, 0.1) is 11.7 Å². The van der Waals surface area contributed by atoms with E-state index >= 15 is 0 Å². The van der Waals surface area contributed by atoms with E-state index in [4.69, 9.17) is 5.11 Å². The molecule has 1 heterocycles. The van der Waals surface area contributed by atoms with Crippen LogP contribution in [0.5, 0.6) is 0 Å². The second-order valence-corrected chi connectivity index (χ2v) is 4.40. The zero-order valence-electron chi connectivity index (χ0n) is 10.6. The van der Waals surface area contributed by atoms with Gasteiger partial charge in [0.05, 0.1) is 24.3 Å². The Balaban J connectivity index is 2.32. The van der Waals surface area contributed by atoms with Gasteiger partial charge < -0.3 is 14.7 Å². The first kappa shape index (κ1) is 14.0. The first-order chi connectivity index (χ1) is 9.43. The van der Waals surface area contributed by atoms with E-state index in [1.165, 1.54) is 7.11 Å². The summed E-state index contributed by atoms with van der Waals surface area (Å²) in [6.07, 6.45) is -0.0799. The maximum absolute atomic E-state index is 13.8. The number of hydrogen-bond donors (Lipinski definition) is 1. The van der Waals surface area contributed by atoms with Crippen molar-refractivity contribution in [2.45, 2.75) is 6.42 Å². The van der Waals surface area contributed by atoms with Crippen LogP contribution in [0.2, 0.25) is 0 Å². The summed E-state index contributed by atoms with van der Waals surface area (Å²) in [6.45, 7) is -0.0223. The van der Waals surface area contributed by atoms with Crippen LogP contribution in [0.25, 0.3) is 0 Å². The average molecular weight is 281 g/mol. The number of nitrogens with zero attached hydrogens (tertiary/aromatic N) is 1. The fourth-order valence-corrected chi connectivity index (χ4v) is 2.12. The fourth-order valence-electron chi connectivity index (χ4n) is 2.12. The number of ether oxygens (including phenoxy) is 1. The fraction of sp³-hybridized carbons (Fsp3) is 0.308. The van der Waals surface area contributed by atoms with Gasteiger partial charge in [0.1, 0.15) is 5.82 Å². The minimum Gasteiger partial charge on any atom is -0.478 e. The molecule has 7 heteroatoms. The molecule has 106 valence electrons. The average Bonchev–Trinajstić information content (AvgIpc) is 2.80. The molecule has 0 aromatic heterocycles. The molecule has 1 aromatic carbocycles. The van der Waals surface area contributed by atoms with Crippen molar-refractivity contribution in [2.75, 3.05) is 18.6 Å². The van der Waals surface area contributed by atoms with Crippen LogP contribution in [-0.2, 0) is 14.3 Å². The summed E-state index contributed by atoms with van der Waals surface area (Å²) in [6, 6.07) is 3.17. The van der Waals surface area contributed by atoms with Crippen molar-refractivity contribution in [2.24, 2.45) is 5.92 Å². The molecule has 0 spiro atoms. The molecule has 6 nitrogen and oxygen atoms in total. The van der Waals surface area contributed by atoms with Crippen molar-refractivity contribution in [3.05, 3.63) is 29.6 Å². The Kier molecular flexibility index (Phi) is 3.69. The first-order valence-corrected chi connectivity index (χ1v) is 5.85. The summed E-state index contributed by atoms with van der Waals surface area (Å²) < 4.78 is 18.3. The molecule has 20 heavy (non-hydrogen) atoms. The third-order valence-corrected chi connectivity index (χ3v) is 3.14. The van der Waals surface area contributed by atoms with Crippen molar-refractivity contribution < 1.29 is 28.6 Å². The highest BCUT2D eigenvalue weighted by atomic mass is 19.1. The number of rotatable bonds is 3. The molecule has 0 saturated carbocycles. The first-order valence-electron chi connectivity index (χ1n) is 5.85. The Morgan fingerprint density at radius 2 is 2.15 bits per heavy atom. The van der Waals surface area contributed by atoms with Crippen molar-refractivity contribution in [3.8, 4) is 0 Å². The summed E-state index contributed by atoms with van der Waals surface area (Å²) >= 11 is 0. The topological polar surface area (TPSA) is 83.9 Å². The van der Waals surface area contributed by atoms with Gasteiger partial charge in [-0.15, -0.1) is 0 Å². The highest BCUT2D eigenvalue weighted by molar-refractivity contribution is 6.00. The Hall–Kier alpha value is -2.44. The van der Waals surface area contributed by atoms with Crippen molar-refractivity contribution in [1.82, 2.24) is 0 Å².